The van der Waals surface area contributed by atoms with Crippen molar-refractivity contribution in [3.8, 4) is 0 Å². The van der Waals surface area contributed by atoms with Crippen LogP contribution in [0.25, 0.3) is 0 Å². The molecule has 3 rings (SSSR count). The highest BCUT2D eigenvalue weighted by atomic mass is 35.5. The first-order valence-electron chi connectivity index (χ1n) is 7.20. The maximum absolute atomic E-state index is 11.0. The van der Waals surface area contributed by atoms with Gasteiger partial charge in [-0.1, -0.05) is 11.6 Å². The molecule has 0 bridgehead atoms. The third-order valence-corrected chi connectivity index (χ3v) is 4.61. The third-order valence-electron chi connectivity index (χ3n) is 4.33. The zero-order valence-electron chi connectivity index (χ0n) is 11.9. The molecule has 0 amide bonds. The Morgan fingerprint density at radius 2 is 1.85 bits per heavy atom. The van der Waals surface area contributed by atoms with Crippen molar-refractivity contribution < 1.29 is 14.6 Å². The van der Waals surface area contributed by atoms with Crippen LogP contribution in [-0.4, -0.2) is 33.9 Å². The van der Waals surface area contributed by atoms with Gasteiger partial charge in [0.1, 0.15) is 5.60 Å². The molecule has 0 unspecified atom stereocenters. The number of rotatable bonds is 2. The van der Waals surface area contributed by atoms with Crippen molar-refractivity contribution in [2.45, 2.75) is 57.0 Å². The molecule has 1 aromatic heterocycles. The Kier molecular flexibility index (Phi) is 3.57. The van der Waals surface area contributed by atoms with E-state index in [4.69, 9.17) is 21.1 Å². The zero-order chi connectivity index (χ0) is 14.4. The molecule has 2 heterocycles. The normalized spacial score (nSPS) is 24.6. The summed E-state index contributed by atoms with van der Waals surface area (Å²) in [6.45, 7) is 5.35. The summed E-state index contributed by atoms with van der Waals surface area (Å²) in [4.78, 5) is 0. The molecule has 2 aliphatic rings. The molecule has 1 N–H and O–H groups in total. The van der Waals surface area contributed by atoms with Gasteiger partial charge in [-0.15, -0.1) is 0 Å². The number of hydrogen-bond acceptors (Lipinski definition) is 4. The van der Waals surface area contributed by atoms with Gasteiger partial charge in [0.2, 0.25) is 0 Å². The van der Waals surface area contributed by atoms with E-state index in [2.05, 4.69) is 5.10 Å². The van der Waals surface area contributed by atoms with Crippen LogP contribution in [-0.2, 0) is 15.1 Å². The van der Waals surface area contributed by atoms with Crippen LogP contribution in [0.1, 0.15) is 51.3 Å². The predicted molar refractivity (Wildman–Crippen MR) is 74.6 cm³/mol. The van der Waals surface area contributed by atoms with Crippen LogP contribution in [0.4, 0.5) is 0 Å². The van der Waals surface area contributed by atoms with E-state index in [0.29, 0.717) is 43.9 Å². The fourth-order valence-electron chi connectivity index (χ4n) is 3.24. The van der Waals surface area contributed by atoms with Gasteiger partial charge in [0.15, 0.2) is 5.79 Å². The van der Waals surface area contributed by atoms with Crippen LogP contribution in [0.2, 0.25) is 5.02 Å². The molecule has 1 saturated carbocycles. The lowest BCUT2D eigenvalue weighted by Crippen LogP contribution is -2.43. The second-order valence-electron chi connectivity index (χ2n) is 6.02. The van der Waals surface area contributed by atoms with Gasteiger partial charge in [-0.2, -0.15) is 5.10 Å². The zero-order valence-corrected chi connectivity index (χ0v) is 12.7. The van der Waals surface area contributed by atoms with E-state index in [1.807, 2.05) is 18.5 Å². The molecule has 1 spiro atoms. The van der Waals surface area contributed by atoms with E-state index < -0.39 is 11.4 Å². The first kappa shape index (κ1) is 14.3. The Morgan fingerprint density at radius 3 is 2.40 bits per heavy atom. The Morgan fingerprint density at radius 1 is 1.25 bits per heavy atom. The number of aromatic nitrogens is 2. The molecule has 1 aliphatic carbocycles. The second kappa shape index (κ2) is 4.98. The van der Waals surface area contributed by atoms with Gasteiger partial charge < -0.3 is 14.6 Å². The summed E-state index contributed by atoms with van der Waals surface area (Å²) < 4.78 is 13.2. The molecule has 20 heavy (non-hydrogen) atoms. The van der Waals surface area contributed by atoms with Gasteiger partial charge in [0.05, 0.1) is 30.1 Å². The summed E-state index contributed by atoms with van der Waals surface area (Å²) in [6, 6.07) is 0.163. The van der Waals surface area contributed by atoms with Gasteiger partial charge in [0, 0.05) is 18.9 Å². The molecule has 6 heteroatoms. The number of aliphatic hydroxyl groups is 1. The Balaban J connectivity index is 1.85. The third kappa shape index (κ3) is 2.26. The standard InChI is InChI=1S/C14H21ClN2O3/c1-10(2)17-12(11(15)9-16-17)13(18)3-5-14(6-4-13)19-7-8-20-14/h9-10,18H,3-8H2,1-2H3. The maximum Gasteiger partial charge on any atom is 0.168 e. The Bertz CT molecular complexity index is 485. The highest BCUT2D eigenvalue weighted by Crippen LogP contribution is 2.46. The van der Waals surface area contributed by atoms with Gasteiger partial charge in [0.25, 0.3) is 0 Å². The molecule has 0 aromatic carbocycles. The van der Waals surface area contributed by atoms with Crippen molar-refractivity contribution in [1.29, 1.82) is 0 Å². The Labute approximate surface area is 123 Å². The van der Waals surface area contributed by atoms with Crippen molar-refractivity contribution in [2.75, 3.05) is 13.2 Å². The minimum Gasteiger partial charge on any atom is -0.384 e. The molecule has 1 aromatic rings. The number of halogens is 1. The topological polar surface area (TPSA) is 56.5 Å². The summed E-state index contributed by atoms with van der Waals surface area (Å²) in [6.07, 6.45) is 4.13. The van der Waals surface area contributed by atoms with Crippen LogP contribution < -0.4 is 0 Å². The van der Waals surface area contributed by atoms with Crippen LogP contribution in [0.5, 0.6) is 0 Å². The van der Waals surface area contributed by atoms with Crippen molar-refractivity contribution in [3.63, 3.8) is 0 Å². The monoisotopic (exact) mass is 300 g/mol. The van der Waals surface area contributed by atoms with Crippen molar-refractivity contribution in [2.24, 2.45) is 0 Å². The fourth-order valence-corrected chi connectivity index (χ4v) is 3.54. The highest BCUT2D eigenvalue weighted by Gasteiger charge is 2.48. The summed E-state index contributed by atoms with van der Waals surface area (Å²) in [5.74, 6) is -0.485. The molecular weight excluding hydrogens is 280 g/mol. The van der Waals surface area contributed by atoms with Crippen LogP contribution >= 0.6 is 11.6 Å². The summed E-state index contributed by atoms with van der Waals surface area (Å²) in [5, 5.41) is 15.8. The lowest BCUT2D eigenvalue weighted by Gasteiger charge is -2.41. The van der Waals surface area contributed by atoms with Crippen LogP contribution in [0, 0.1) is 0 Å². The predicted octanol–water partition coefficient (Wildman–Crippen LogP) is 2.62. The Hall–Kier alpha value is -0.620. The molecular formula is C14H21ClN2O3. The van der Waals surface area contributed by atoms with Gasteiger partial charge >= 0.3 is 0 Å². The number of ether oxygens (including phenoxy) is 2. The van der Waals surface area contributed by atoms with E-state index in [9.17, 15) is 5.11 Å². The lowest BCUT2D eigenvalue weighted by atomic mass is 9.79. The molecule has 0 atom stereocenters. The smallest absolute Gasteiger partial charge is 0.168 e. The van der Waals surface area contributed by atoms with Gasteiger partial charge in [-0.25, -0.2) is 0 Å². The van der Waals surface area contributed by atoms with Gasteiger partial charge in [-0.05, 0) is 26.7 Å². The van der Waals surface area contributed by atoms with Crippen molar-refractivity contribution >= 4 is 11.6 Å². The van der Waals surface area contributed by atoms with E-state index >= 15 is 0 Å². The summed E-state index contributed by atoms with van der Waals surface area (Å²) in [7, 11) is 0. The van der Waals surface area contributed by atoms with E-state index in [0.717, 1.165) is 5.69 Å². The molecule has 5 nitrogen and oxygen atoms in total. The highest BCUT2D eigenvalue weighted by molar-refractivity contribution is 6.31. The molecule has 0 radical (unpaired) electrons. The lowest BCUT2D eigenvalue weighted by molar-refractivity contribution is -0.205. The first-order chi connectivity index (χ1) is 9.46. The summed E-state index contributed by atoms with van der Waals surface area (Å²) >= 11 is 6.26. The van der Waals surface area contributed by atoms with Crippen molar-refractivity contribution in [1.82, 2.24) is 9.78 Å². The number of nitrogens with zero attached hydrogens (tertiary/aromatic N) is 2. The van der Waals surface area contributed by atoms with Crippen LogP contribution in [0.15, 0.2) is 6.20 Å². The molecule has 112 valence electrons. The average Bonchev–Trinajstić information content (AvgIpc) is 3.01. The minimum absolute atomic E-state index is 0.163. The number of hydrogen-bond donors (Lipinski definition) is 1. The van der Waals surface area contributed by atoms with E-state index in [1.165, 1.54) is 0 Å². The molecule has 1 aliphatic heterocycles. The second-order valence-corrected chi connectivity index (χ2v) is 6.43. The molecule has 2 fully saturated rings. The average molecular weight is 301 g/mol. The van der Waals surface area contributed by atoms with Crippen molar-refractivity contribution in [3.05, 3.63) is 16.9 Å². The fraction of sp³-hybridized carbons (Fsp3) is 0.786. The van der Waals surface area contributed by atoms with Gasteiger partial charge in [-0.3, -0.25) is 4.68 Å². The minimum atomic E-state index is -0.946. The summed E-state index contributed by atoms with van der Waals surface area (Å²) in [5.41, 5.74) is -0.222. The maximum atomic E-state index is 11.0. The SMILES string of the molecule is CC(C)n1ncc(Cl)c1C1(O)CCC2(CC1)OCCO2. The molecule has 1 saturated heterocycles. The van der Waals surface area contributed by atoms with E-state index in [-0.39, 0.29) is 6.04 Å². The first-order valence-corrected chi connectivity index (χ1v) is 7.57. The van der Waals surface area contributed by atoms with E-state index in [1.54, 1.807) is 6.20 Å². The largest absolute Gasteiger partial charge is 0.384 e. The quantitative estimate of drug-likeness (QED) is 0.912. The van der Waals surface area contributed by atoms with Crippen LogP contribution in [0.3, 0.4) is 0 Å².